The third-order valence-corrected chi connectivity index (χ3v) is 6.09. The summed E-state index contributed by atoms with van der Waals surface area (Å²) in [4.78, 5) is 1.33. The van der Waals surface area contributed by atoms with Gasteiger partial charge in [0.2, 0.25) is 0 Å². The molecule has 1 nitrogen and oxygen atoms in total. The van der Waals surface area contributed by atoms with Gasteiger partial charge in [-0.05, 0) is 54.9 Å². The van der Waals surface area contributed by atoms with Gasteiger partial charge in [-0.1, -0.05) is 36.7 Å². The maximum Gasteiger partial charge on any atom is 0.0249 e. The van der Waals surface area contributed by atoms with Gasteiger partial charge in [-0.3, -0.25) is 0 Å². The van der Waals surface area contributed by atoms with E-state index in [4.69, 9.17) is 5.73 Å². The zero-order chi connectivity index (χ0) is 14.0. The smallest absolute Gasteiger partial charge is 0.0249 e. The van der Waals surface area contributed by atoms with Crippen molar-refractivity contribution in [2.45, 2.75) is 56.2 Å². The van der Waals surface area contributed by atoms with Gasteiger partial charge >= 0.3 is 0 Å². The second-order valence-corrected chi connectivity index (χ2v) is 8.88. The van der Waals surface area contributed by atoms with E-state index in [0.29, 0.717) is 16.7 Å². The van der Waals surface area contributed by atoms with Crippen molar-refractivity contribution in [2.75, 3.05) is 0 Å². The van der Waals surface area contributed by atoms with Crippen LogP contribution in [0.4, 0.5) is 0 Å². The lowest BCUT2D eigenvalue weighted by molar-refractivity contribution is 0.174. The van der Waals surface area contributed by atoms with Crippen molar-refractivity contribution in [3.8, 4) is 0 Å². The molecule has 3 atom stereocenters. The summed E-state index contributed by atoms with van der Waals surface area (Å²) in [5, 5.41) is 0.555. The highest BCUT2D eigenvalue weighted by Gasteiger charge is 2.34. The number of nitrogens with two attached hydrogens (primary N) is 1. The Morgan fingerprint density at radius 3 is 2.37 bits per heavy atom. The average Bonchev–Trinajstić information content (AvgIpc) is 2.33. The van der Waals surface area contributed by atoms with Crippen LogP contribution in [0.15, 0.2) is 33.6 Å². The van der Waals surface area contributed by atoms with E-state index in [1.807, 2.05) is 11.8 Å². The minimum atomic E-state index is 0.340. The number of thioether (sulfide) groups is 1. The molecule has 1 aliphatic rings. The highest BCUT2D eigenvalue weighted by atomic mass is 79.9. The average molecular weight is 342 g/mol. The molecule has 1 saturated carbocycles. The number of benzene rings is 1. The summed E-state index contributed by atoms with van der Waals surface area (Å²) in [5.74, 6) is 0.792. The summed E-state index contributed by atoms with van der Waals surface area (Å²) >= 11 is 5.44. The van der Waals surface area contributed by atoms with E-state index in [9.17, 15) is 0 Å². The van der Waals surface area contributed by atoms with Crippen LogP contribution in [0.5, 0.6) is 0 Å². The fraction of sp³-hybridized carbons (Fsp3) is 0.625. The molecule has 106 valence electrons. The van der Waals surface area contributed by atoms with Crippen LogP contribution in [-0.2, 0) is 0 Å². The monoisotopic (exact) mass is 341 g/mol. The van der Waals surface area contributed by atoms with Gasteiger partial charge in [0.1, 0.15) is 0 Å². The van der Waals surface area contributed by atoms with Crippen molar-refractivity contribution in [2.24, 2.45) is 17.1 Å². The van der Waals surface area contributed by atoms with Crippen molar-refractivity contribution in [3.63, 3.8) is 0 Å². The van der Waals surface area contributed by atoms with Gasteiger partial charge in [0, 0.05) is 20.7 Å². The maximum atomic E-state index is 6.33. The van der Waals surface area contributed by atoms with E-state index in [1.165, 1.54) is 17.7 Å². The first kappa shape index (κ1) is 15.4. The Hall–Kier alpha value is 0.01000. The first-order valence-electron chi connectivity index (χ1n) is 7.04. The first-order valence-corrected chi connectivity index (χ1v) is 8.71. The standard InChI is InChI=1S/C16H24BrNS/c1-16(2,3)11-4-9-14(18)15(10-11)19-13-7-5-12(17)6-8-13/h5-8,11,14-15H,4,9-10,18H2,1-3H3. The molecule has 0 saturated heterocycles. The van der Waals surface area contributed by atoms with E-state index in [1.54, 1.807) is 0 Å². The summed E-state index contributed by atoms with van der Waals surface area (Å²) in [6.07, 6.45) is 3.68. The van der Waals surface area contributed by atoms with Crippen LogP contribution >= 0.6 is 27.7 Å². The fourth-order valence-corrected chi connectivity index (χ4v) is 4.31. The molecule has 3 unspecified atom stereocenters. The van der Waals surface area contributed by atoms with Gasteiger partial charge in [0.05, 0.1) is 0 Å². The van der Waals surface area contributed by atoms with E-state index < -0.39 is 0 Å². The quantitative estimate of drug-likeness (QED) is 0.811. The molecule has 0 spiro atoms. The molecule has 1 aromatic carbocycles. The predicted molar refractivity (Wildman–Crippen MR) is 88.6 cm³/mol. The second-order valence-electron chi connectivity index (χ2n) is 6.65. The fourth-order valence-electron chi connectivity index (χ4n) is 2.76. The summed E-state index contributed by atoms with van der Waals surface area (Å²) in [6, 6.07) is 8.92. The van der Waals surface area contributed by atoms with E-state index >= 15 is 0 Å². The number of hydrogen-bond acceptors (Lipinski definition) is 2. The van der Waals surface area contributed by atoms with Crippen LogP contribution in [0.2, 0.25) is 0 Å². The Morgan fingerprint density at radius 2 is 1.79 bits per heavy atom. The molecule has 0 bridgehead atoms. The maximum absolute atomic E-state index is 6.33. The van der Waals surface area contributed by atoms with Crippen LogP contribution in [-0.4, -0.2) is 11.3 Å². The molecule has 1 aliphatic carbocycles. The van der Waals surface area contributed by atoms with Gasteiger partial charge in [-0.25, -0.2) is 0 Å². The minimum absolute atomic E-state index is 0.340. The lowest BCUT2D eigenvalue weighted by atomic mass is 9.71. The van der Waals surface area contributed by atoms with E-state index in [0.717, 1.165) is 16.8 Å². The van der Waals surface area contributed by atoms with Crippen LogP contribution in [0.3, 0.4) is 0 Å². The number of halogens is 1. The number of hydrogen-bond donors (Lipinski definition) is 1. The van der Waals surface area contributed by atoms with E-state index in [-0.39, 0.29) is 0 Å². The summed E-state index contributed by atoms with van der Waals surface area (Å²) in [6.45, 7) is 7.07. The molecular formula is C16H24BrNS. The van der Waals surface area contributed by atoms with Crippen LogP contribution in [0.1, 0.15) is 40.0 Å². The van der Waals surface area contributed by atoms with Crippen molar-refractivity contribution in [1.82, 2.24) is 0 Å². The Labute approximate surface area is 129 Å². The molecule has 1 fully saturated rings. The lowest BCUT2D eigenvalue weighted by Gasteiger charge is -2.40. The summed E-state index contributed by atoms with van der Waals surface area (Å²) < 4.78 is 1.14. The third-order valence-electron chi connectivity index (χ3n) is 4.17. The molecule has 0 aliphatic heterocycles. The Kier molecular flexibility index (Phi) is 5.02. The molecule has 19 heavy (non-hydrogen) atoms. The molecule has 0 radical (unpaired) electrons. The van der Waals surface area contributed by atoms with Crippen LogP contribution < -0.4 is 5.73 Å². The Bertz CT molecular complexity index is 410. The van der Waals surface area contributed by atoms with Gasteiger partial charge in [0.15, 0.2) is 0 Å². The predicted octanol–water partition coefficient (Wildman–Crippen LogP) is 5.08. The zero-order valence-corrected chi connectivity index (χ0v) is 14.4. The molecule has 2 N–H and O–H groups in total. The molecule has 0 heterocycles. The van der Waals surface area contributed by atoms with Gasteiger partial charge < -0.3 is 5.73 Å². The van der Waals surface area contributed by atoms with Crippen LogP contribution in [0, 0.1) is 11.3 Å². The first-order chi connectivity index (χ1) is 8.86. The molecule has 0 aromatic heterocycles. The third kappa shape index (κ3) is 4.24. The van der Waals surface area contributed by atoms with Crippen molar-refractivity contribution < 1.29 is 0 Å². The van der Waals surface area contributed by atoms with Crippen molar-refractivity contribution in [1.29, 1.82) is 0 Å². The molecule has 1 aromatic rings. The minimum Gasteiger partial charge on any atom is -0.327 e. The SMILES string of the molecule is CC(C)(C)C1CCC(N)C(Sc2ccc(Br)cc2)C1. The van der Waals surface area contributed by atoms with Gasteiger partial charge in [-0.2, -0.15) is 0 Å². The summed E-state index contributed by atoms with van der Waals surface area (Å²) in [7, 11) is 0. The normalized spacial score (nSPS) is 28.4. The van der Waals surface area contributed by atoms with Gasteiger partial charge in [0.25, 0.3) is 0 Å². The second kappa shape index (κ2) is 6.19. The highest BCUT2D eigenvalue weighted by molar-refractivity contribution is 9.10. The topological polar surface area (TPSA) is 26.0 Å². The van der Waals surface area contributed by atoms with E-state index in [2.05, 4.69) is 61.0 Å². The van der Waals surface area contributed by atoms with Crippen molar-refractivity contribution >= 4 is 27.7 Å². The van der Waals surface area contributed by atoms with Crippen LogP contribution in [0.25, 0.3) is 0 Å². The Morgan fingerprint density at radius 1 is 1.16 bits per heavy atom. The van der Waals surface area contributed by atoms with Crippen molar-refractivity contribution in [3.05, 3.63) is 28.7 Å². The lowest BCUT2D eigenvalue weighted by Crippen LogP contribution is -2.41. The van der Waals surface area contributed by atoms with Gasteiger partial charge in [-0.15, -0.1) is 11.8 Å². The molecule has 2 rings (SSSR count). The molecular weight excluding hydrogens is 318 g/mol. The molecule has 3 heteroatoms. The zero-order valence-electron chi connectivity index (χ0n) is 12.0. The largest absolute Gasteiger partial charge is 0.327 e. The Balaban J connectivity index is 2.03. The summed E-state index contributed by atoms with van der Waals surface area (Å²) in [5.41, 5.74) is 6.73. The number of rotatable bonds is 2. The highest BCUT2D eigenvalue weighted by Crippen LogP contribution is 2.42. The molecule has 0 amide bonds.